The Labute approximate surface area is 125 Å². The van der Waals surface area contributed by atoms with E-state index in [1.54, 1.807) is 0 Å². The normalized spacial score (nSPS) is 23.5. The Morgan fingerprint density at radius 3 is 2.15 bits per heavy atom. The summed E-state index contributed by atoms with van der Waals surface area (Å²) in [7, 11) is 0. The van der Waals surface area contributed by atoms with Crippen LogP contribution in [0.2, 0.25) is 5.02 Å². The molecule has 0 spiro atoms. The molecule has 0 saturated heterocycles. The summed E-state index contributed by atoms with van der Waals surface area (Å²) in [6, 6.07) is 3.74. The summed E-state index contributed by atoms with van der Waals surface area (Å²) >= 11 is 6.27. The molecule has 1 fully saturated rings. The molecule has 2 nitrogen and oxygen atoms in total. The zero-order chi connectivity index (χ0) is 15.2. The number of benzene rings is 1. The minimum atomic E-state index is -0.675. The summed E-state index contributed by atoms with van der Waals surface area (Å²) in [6.45, 7) is 9.97. The molecule has 3 heteroatoms. The first-order valence-corrected chi connectivity index (χ1v) is 7.34. The maximum atomic E-state index is 12.6. The molecule has 2 unspecified atom stereocenters. The Bertz CT molecular complexity index is 581. The largest absolute Gasteiger partial charge is 0.298 e. The van der Waals surface area contributed by atoms with Crippen molar-refractivity contribution in [3.05, 3.63) is 33.8 Å². The highest BCUT2D eigenvalue weighted by atomic mass is 35.5. The Morgan fingerprint density at radius 2 is 1.65 bits per heavy atom. The van der Waals surface area contributed by atoms with Gasteiger partial charge in [-0.25, -0.2) is 0 Å². The van der Waals surface area contributed by atoms with Crippen LogP contribution in [0.3, 0.4) is 0 Å². The van der Waals surface area contributed by atoms with E-state index in [1.165, 1.54) is 0 Å². The van der Waals surface area contributed by atoms with Crippen molar-refractivity contribution in [3.8, 4) is 0 Å². The van der Waals surface area contributed by atoms with Gasteiger partial charge >= 0.3 is 0 Å². The zero-order valence-corrected chi connectivity index (χ0v) is 13.5. The van der Waals surface area contributed by atoms with E-state index in [-0.39, 0.29) is 22.9 Å². The second kappa shape index (κ2) is 5.00. The van der Waals surface area contributed by atoms with Crippen LogP contribution in [0.1, 0.15) is 49.8 Å². The quantitative estimate of drug-likeness (QED) is 0.725. The van der Waals surface area contributed by atoms with Crippen molar-refractivity contribution in [2.75, 3.05) is 0 Å². The van der Waals surface area contributed by atoms with Crippen molar-refractivity contribution >= 4 is 23.2 Å². The minimum Gasteiger partial charge on any atom is -0.298 e. The third-order valence-electron chi connectivity index (χ3n) is 4.32. The number of carbonyl (C=O) groups excluding carboxylic acids is 2. The van der Waals surface area contributed by atoms with Crippen molar-refractivity contribution in [2.45, 2.75) is 47.0 Å². The molecule has 20 heavy (non-hydrogen) atoms. The van der Waals surface area contributed by atoms with Crippen LogP contribution in [0.4, 0.5) is 0 Å². The number of ketones is 2. The first-order chi connectivity index (χ1) is 9.12. The monoisotopic (exact) mass is 292 g/mol. The third-order valence-corrected chi connectivity index (χ3v) is 4.65. The van der Waals surface area contributed by atoms with Crippen LogP contribution in [-0.4, -0.2) is 11.6 Å². The van der Waals surface area contributed by atoms with Gasteiger partial charge in [-0.15, -0.1) is 0 Å². The van der Waals surface area contributed by atoms with E-state index in [1.807, 2.05) is 46.8 Å². The molecule has 108 valence electrons. The Hall–Kier alpha value is -1.15. The fraction of sp³-hybridized carbons (Fsp3) is 0.529. The van der Waals surface area contributed by atoms with Gasteiger partial charge in [-0.2, -0.15) is 0 Å². The van der Waals surface area contributed by atoms with E-state index in [0.29, 0.717) is 17.0 Å². The lowest BCUT2D eigenvalue weighted by Gasteiger charge is -2.25. The first kappa shape index (κ1) is 15.2. The summed E-state index contributed by atoms with van der Waals surface area (Å²) in [5.74, 6) is -0.864. The summed E-state index contributed by atoms with van der Waals surface area (Å²) in [4.78, 5) is 24.9. The second-order valence-corrected chi connectivity index (χ2v) is 7.29. The molecule has 0 bridgehead atoms. The second-order valence-electron chi connectivity index (χ2n) is 6.88. The van der Waals surface area contributed by atoms with E-state index in [4.69, 9.17) is 11.6 Å². The van der Waals surface area contributed by atoms with Gasteiger partial charge in [0.25, 0.3) is 0 Å². The van der Waals surface area contributed by atoms with Gasteiger partial charge < -0.3 is 0 Å². The van der Waals surface area contributed by atoms with Crippen LogP contribution in [0.15, 0.2) is 12.1 Å². The first-order valence-electron chi connectivity index (χ1n) is 6.96. The highest BCUT2D eigenvalue weighted by Gasteiger charge is 2.47. The van der Waals surface area contributed by atoms with Crippen LogP contribution in [-0.2, 0) is 9.59 Å². The maximum absolute atomic E-state index is 12.6. The van der Waals surface area contributed by atoms with Gasteiger partial charge in [-0.3, -0.25) is 9.59 Å². The molecule has 0 N–H and O–H groups in total. The SMILES string of the molecule is Cc1cc(Cl)c(C2C(=O)CC(C(C)(C)C)C2=O)cc1C. The zero-order valence-electron chi connectivity index (χ0n) is 12.7. The van der Waals surface area contributed by atoms with Crippen molar-refractivity contribution in [1.82, 2.24) is 0 Å². The highest BCUT2D eigenvalue weighted by Crippen LogP contribution is 2.43. The number of hydrogen-bond donors (Lipinski definition) is 0. The van der Waals surface area contributed by atoms with Gasteiger partial charge in [0, 0.05) is 17.4 Å². The number of halogens is 1. The summed E-state index contributed by atoms with van der Waals surface area (Å²) in [5.41, 5.74) is 2.62. The van der Waals surface area contributed by atoms with Crippen molar-refractivity contribution in [1.29, 1.82) is 0 Å². The Kier molecular flexibility index (Phi) is 3.81. The van der Waals surface area contributed by atoms with Crippen molar-refractivity contribution < 1.29 is 9.59 Å². The van der Waals surface area contributed by atoms with Crippen LogP contribution >= 0.6 is 11.6 Å². The maximum Gasteiger partial charge on any atom is 0.151 e. The standard InChI is InChI=1S/C17H21ClO2/c1-9-6-11(13(18)7-10(9)2)15-14(19)8-12(16(15)20)17(3,4)5/h6-7,12,15H,8H2,1-5H3. The Morgan fingerprint density at radius 1 is 1.10 bits per heavy atom. The van der Waals surface area contributed by atoms with Crippen molar-refractivity contribution in [3.63, 3.8) is 0 Å². The van der Waals surface area contributed by atoms with Crippen LogP contribution in [0.5, 0.6) is 0 Å². The fourth-order valence-corrected chi connectivity index (χ4v) is 3.19. The van der Waals surface area contributed by atoms with E-state index >= 15 is 0 Å². The average Bonchev–Trinajstić information content (AvgIpc) is 2.60. The van der Waals surface area contributed by atoms with Gasteiger partial charge in [0.1, 0.15) is 11.7 Å². The minimum absolute atomic E-state index is 0.0000723. The molecule has 1 aromatic rings. The highest BCUT2D eigenvalue weighted by molar-refractivity contribution is 6.32. The summed E-state index contributed by atoms with van der Waals surface area (Å²) < 4.78 is 0. The lowest BCUT2D eigenvalue weighted by Crippen LogP contribution is -2.26. The molecule has 1 aromatic carbocycles. The number of hydrogen-bond acceptors (Lipinski definition) is 2. The smallest absolute Gasteiger partial charge is 0.151 e. The molecular formula is C17H21ClO2. The molecule has 2 rings (SSSR count). The van der Waals surface area contributed by atoms with Crippen LogP contribution in [0, 0.1) is 25.2 Å². The van der Waals surface area contributed by atoms with E-state index in [0.717, 1.165) is 11.1 Å². The molecule has 0 heterocycles. The predicted molar refractivity (Wildman–Crippen MR) is 81.2 cm³/mol. The molecule has 2 atom stereocenters. The van der Waals surface area contributed by atoms with Gasteiger partial charge in [0.2, 0.25) is 0 Å². The average molecular weight is 293 g/mol. The molecule has 0 aliphatic heterocycles. The van der Waals surface area contributed by atoms with Crippen LogP contribution in [0.25, 0.3) is 0 Å². The molecule has 0 amide bonds. The fourth-order valence-electron chi connectivity index (χ4n) is 2.86. The van der Waals surface area contributed by atoms with Gasteiger partial charge in [0.05, 0.1) is 0 Å². The number of rotatable bonds is 1. The van der Waals surface area contributed by atoms with E-state index < -0.39 is 5.92 Å². The van der Waals surface area contributed by atoms with Crippen molar-refractivity contribution in [2.24, 2.45) is 11.3 Å². The predicted octanol–water partition coefficient (Wildman–Crippen LogP) is 4.24. The van der Waals surface area contributed by atoms with Gasteiger partial charge in [-0.05, 0) is 42.0 Å². The molecule has 1 aliphatic rings. The molecule has 1 saturated carbocycles. The van der Waals surface area contributed by atoms with E-state index in [9.17, 15) is 9.59 Å². The molecule has 1 aliphatic carbocycles. The summed E-state index contributed by atoms with van der Waals surface area (Å²) in [5, 5.41) is 0.523. The van der Waals surface area contributed by atoms with E-state index in [2.05, 4.69) is 0 Å². The topological polar surface area (TPSA) is 34.1 Å². The lowest BCUT2D eigenvalue weighted by molar-refractivity contribution is -0.126. The Balaban J connectivity index is 2.46. The van der Waals surface area contributed by atoms with Crippen LogP contribution < -0.4 is 0 Å². The molecule has 0 aromatic heterocycles. The number of carbonyl (C=O) groups is 2. The summed E-state index contributed by atoms with van der Waals surface area (Å²) in [6.07, 6.45) is 0.330. The number of Topliss-reactive ketones (excluding diaryl/α,β-unsaturated/α-hetero) is 2. The lowest BCUT2D eigenvalue weighted by atomic mass is 9.78. The number of aryl methyl sites for hydroxylation is 2. The molecule has 0 radical (unpaired) electrons. The van der Waals surface area contributed by atoms with Gasteiger partial charge in [0.15, 0.2) is 5.78 Å². The molecular weight excluding hydrogens is 272 g/mol. The third kappa shape index (κ3) is 2.54. The van der Waals surface area contributed by atoms with Gasteiger partial charge in [-0.1, -0.05) is 38.4 Å².